The molecule has 0 saturated heterocycles. The van der Waals surface area contributed by atoms with E-state index in [0.29, 0.717) is 12.2 Å². The highest BCUT2D eigenvalue weighted by Crippen LogP contribution is 2.17. The maximum atomic E-state index is 12.4. The van der Waals surface area contributed by atoms with E-state index in [1.165, 1.54) is 10.9 Å². The molecule has 3 rings (SSSR count). The molecule has 3 aromatic rings. The molecule has 0 radical (unpaired) electrons. The minimum absolute atomic E-state index is 0.00712. The molecule has 0 fully saturated rings. The van der Waals surface area contributed by atoms with Crippen molar-refractivity contribution in [1.82, 2.24) is 9.78 Å². The molecule has 0 bridgehead atoms. The zero-order valence-corrected chi connectivity index (χ0v) is 16.2. The van der Waals surface area contributed by atoms with Crippen LogP contribution >= 0.6 is 11.6 Å². The molecule has 0 saturated carbocycles. The van der Waals surface area contributed by atoms with Crippen LogP contribution in [0, 0.1) is 0 Å². The van der Waals surface area contributed by atoms with E-state index in [9.17, 15) is 9.59 Å². The van der Waals surface area contributed by atoms with Crippen LogP contribution in [0.3, 0.4) is 0 Å². The SMILES string of the molecule is CCc1ccccc1NC(=O)CNc1cnn(Cc2ccccc2)c(=O)c1Cl. The number of rotatable bonds is 7. The lowest BCUT2D eigenvalue weighted by molar-refractivity contribution is -0.114. The van der Waals surface area contributed by atoms with Gasteiger partial charge in [0.15, 0.2) is 0 Å². The van der Waals surface area contributed by atoms with E-state index in [1.807, 2.05) is 61.5 Å². The number of halogens is 1. The number of aryl methyl sites for hydroxylation is 1. The quantitative estimate of drug-likeness (QED) is 0.640. The van der Waals surface area contributed by atoms with Crippen molar-refractivity contribution in [3.63, 3.8) is 0 Å². The third kappa shape index (κ3) is 4.78. The second-order valence-corrected chi connectivity index (χ2v) is 6.61. The lowest BCUT2D eigenvalue weighted by atomic mass is 10.1. The van der Waals surface area contributed by atoms with Gasteiger partial charge in [0.25, 0.3) is 5.56 Å². The Morgan fingerprint density at radius 3 is 2.54 bits per heavy atom. The number of aromatic nitrogens is 2. The van der Waals surface area contributed by atoms with Crippen molar-refractivity contribution in [1.29, 1.82) is 0 Å². The summed E-state index contributed by atoms with van der Waals surface area (Å²) >= 11 is 6.19. The number of carbonyl (C=O) groups is 1. The fourth-order valence-electron chi connectivity index (χ4n) is 2.78. The Labute approximate surface area is 168 Å². The number of hydrogen-bond donors (Lipinski definition) is 2. The van der Waals surface area contributed by atoms with Crippen LogP contribution < -0.4 is 16.2 Å². The number of para-hydroxylation sites is 1. The van der Waals surface area contributed by atoms with Gasteiger partial charge in [-0.15, -0.1) is 0 Å². The molecule has 0 aliphatic heterocycles. The van der Waals surface area contributed by atoms with Crippen molar-refractivity contribution < 1.29 is 4.79 Å². The van der Waals surface area contributed by atoms with Gasteiger partial charge in [-0.05, 0) is 23.6 Å². The summed E-state index contributed by atoms with van der Waals surface area (Å²) in [5, 5.41) is 9.90. The van der Waals surface area contributed by atoms with Gasteiger partial charge < -0.3 is 10.6 Å². The Hall–Kier alpha value is -3.12. The Morgan fingerprint density at radius 2 is 1.79 bits per heavy atom. The normalized spacial score (nSPS) is 10.5. The molecular formula is C21H21ClN4O2. The molecule has 0 atom stereocenters. The van der Waals surface area contributed by atoms with Crippen LogP contribution in [-0.4, -0.2) is 22.2 Å². The Morgan fingerprint density at radius 1 is 1.07 bits per heavy atom. The van der Waals surface area contributed by atoms with Crippen LogP contribution in [-0.2, 0) is 17.8 Å². The highest BCUT2D eigenvalue weighted by atomic mass is 35.5. The van der Waals surface area contributed by atoms with E-state index < -0.39 is 5.56 Å². The molecule has 2 N–H and O–H groups in total. The van der Waals surface area contributed by atoms with Crippen LogP contribution in [0.15, 0.2) is 65.6 Å². The van der Waals surface area contributed by atoms with Gasteiger partial charge in [-0.1, -0.05) is 67.1 Å². The minimum atomic E-state index is -0.410. The first kappa shape index (κ1) is 19.6. The molecule has 2 aromatic carbocycles. The summed E-state index contributed by atoms with van der Waals surface area (Å²) in [6.45, 7) is 2.33. The lowest BCUT2D eigenvalue weighted by Crippen LogP contribution is -2.27. The number of anilines is 2. The number of hydrogen-bond acceptors (Lipinski definition) is 4. The molecule has 0 spiro atoms. The number of nitrogens with one attached hydrogen (secondary N) is 2. The van der Waals surface area contributed by atoms with Crippen LogP contribution in [0.4, 0.5) is 11.4 Å². The summed E-state index contributed by atoms with van der Waals surface area (Å²) in [6.07, 6.45) is 2.28. The van der Waals surface area contributed by atoms with Gasteiger partial charge in [-0.3, -0.25) is 9.59 Å². The Bertz CT molecular complexity index is 1020. The van der Waals surface area contributed by atoms with Gasteiger partial charge in [0.05, 0.1) is 25.0 Å². The van der Waals surface area contributed by atoms with E-state index >= 15 is 0 Å². The molecule has 6 nitrogen and oxygen atoms in total. The summed E-state index contributed by atoms with van der Waals surface area (Å²) in [7, 11) is 0. The number of amides is 1. The molecule has 0 unspecified atom stereocenters. The maximum Gasteiger partial charge on any atom is 0.287 e. The summed E-state index contributed by atoms with van der Waals surface area (Å²) in [6, 6.07) is 17.1. The summed E-state index contributed by atoms with van der Waals surface area (Å²) < 4.78 is 1.29. The third-order valence-electron chi connectivity index (χ3n) is 4.27. The average Bonchev–Trinajstić information content (AvgIpc) is 2.72. The number of nitrogens with zero attached hydrogens (tertiary/aromatic N) is 2. The number of benzene rings is 2. The molecule has 1 amide bonds. The first-order chi connectivity index (χ1) is 13.6. The first-order valence-corrected chi connectivity index (χ1v) is 9.37. The highest BCUT2D eigenvalue weighted by Gasteiger charge is 2.11. The maximum absolute atomic E-state index is 12.4. The molecule has 1 heterocycles. The molecule has 28 heavy (non-hydrogen) atoms. The highest BCUT2D eigenvalue weighted by molar-refractivity contribution is 6.33. The second-order valence-electron chi connectivity index (χ2n) is 6.23. The van der Waals surface area contributed by atoms with Gasteiger partial charge in [-0.25, -0.2) is 4.68 Å². The zero-order chi connectivity index (χ0) is 19.9. The molecule has 1 aromatic heterocycles. The standard InChI is InChI=1S/C21H21ClN4O2/c1-2-16-10-6-7-11-17(16)25-19(27)13-23-18-12-24-26(21(28)20(18)22)14-15-8-4-3-5-9-15/h3-12,23H,2,13-14H2,1H3,(H,25,27). The van der Waals surface area contributed by atoms with Crippen molar-refractivity contribution in [2.24, 2.45) is 0 Å². The van der Waals surface area contributed by atoms with Crippen LogP contribution in [0.25, 0.3) is 0 Å². The van der Waals surface area contributed by atoms with Gasteiger partial charge in [0.2, 0.25) is 5.91 Å². The number of carbonyl (C=O) groups excluding carboxylic acids is 1. The Balaban J connectivity index is 1.65. The molecular weight excluding hydrogens is 376 g/mol. The monoisotopic (exact) mass is 396 g/mol. The van der Waals surface area contributed by atoms with Gasteiger partial charge in [-0.2, -0.15) is 5.10 Å². The zero-order valence-electron chi connectivity index (χ0n) is 15.5. The van der Waals surface area contributed by atoms with E-state index in [-0.39, 0.29) is 17.5 Å². The topological polar surface area (TPSA) is 76.0 Å². The molecule has 144 valence electrons. The second kappa shape index (κ2) is 9.19. The largest absolute Gasteiger partial charge is 0.373 e. The Kier molecular flexibility index (Phi) is 6.45. The summed E-state index contributed by atoms with van der Waals surface area (Å²) in [4.78, 5) is 24.7. The van der Waals surface area contributed by atoms with Gasteiger partial charge >= 0.3 is 0 Å². The van der Waals surface area contributed by atoms with Crippen molar-refractivity contribution in [3.8, 4) is 0 Å². The molecule has 0 aliphatic carbocycles. The van der Waals surface area contributed by atoms with E-state index in [1.54, 1.807) is 0 Å². The fraction of sp³-hybridized carbons (Fsp3) is 0.190. The minimum Gasteiger partial charge on any atom is -0.373 e. The first-order valence-electron chi connectivity index (χ1n) is 8.99. The van der Waals surface area contributed by atoms with Crippen LogP contribution in [0.1, 0.15) is 18.1 Å². The summed E-state index contributed by atoms with van der Waals surface area (Å²) in [5.74, 6) is -0.231. The predicted molar refractivity (Wildman–Crippen MR) is 112 cm³/mol. The van der Waals surface area contributed by atoms with Crippen molar-refractivity contribution in [2.45, 2.75) is 19.9 Å². The fourth-order valence-corrected chi connectivity index (χ4v) is 2.99. The van der Waals surface area contributed by atoms with Crippen molar-refractivity contribution in [2.75, 3.05) is 17.2 Å². The van der Waals surface area contributed by atoms with Crippen LogP contribution in [0.2, 0.25) is 5.02 Å². The summed E-state index contributed by atoms with van der Waals surface area (Å²) in [5.41, 5.74) is 2.70. The van der Waals surface area contributed by atoms with Gasteiger partial charge in [0.1, 0.15) is 5.02 Å². The predicted octanol–water partition coefficient (Wildman–Crippen LogP) is 3.56. The lowest BCUT2D eigenvalue weighted by Gasteiger charge is -2.12. The van der Waals surface area contributed by atoms with E-state index in [2.05, 4.69) is 15.7 Å². The van der Waals surface area contributed by atoms with E-state index in [0.717, 1.165) is 23.2 Å². The smallest absolute Gasteiger partial charge is 0.287 e. The molecule has 0 aliphatic rings. The molecule has 7 heteroatoms. The van der Waals surface area contributed by atoms with Crippen molar-refractivity contribution >= 4 is 28.9 Å². The van der Waals surface area contributed by atoms with Gasteiger partial charge in [0, 0.05) is 5.69 Å². The van der Waals surface area contributed by atoms with Crippen LogP contribution in [0.5, 0.6) is 0 Å². The van der Waals surface area contributed by atoms with E-state index in [4.69, 9.17) is 11.6 Å². The average molecular weight is 397 g/mol. The third-order valence-corrected chi connectivity index (χ3v) is 4.64. The van der Waals surface area contributed by atoms with Crippen molar-refractivity contribution in [3.05, 3.63) is 87.3 Å².